The molecule has 0 heterocycles. The van der Waals surface area contributed by atoms with Crippen molar-refractivity contribution in [3.63, 3.8) is 0 Å². The topological polar surface area (TPSA) is 26.3 Å². The first kappa shape index (κ1) is 8.21. The van der Waals surface area contributed by atoms with Crippen molar-refractivity contribution >= 4 is 28.4 Å². The van der Waals surface area contributed by atoms with Gasteiger partial charge in [-0.3, -0.25) is 4.79 Å². The van der Waals surface area contributed by atoms with E-state index in [1.165, 1.54) is 0 Å². The lowest BCUT2D eigenvalue weighted by atomic mass is 10.8. The minimum Gasteiger partial charge on any atom is -0.354 e. The van der Waals surface area contributed by atoms with E-state index in [1.54, 1.807) is 6.92 Å². The Kier molecular flexibility index (Phi) is 4.23. The van der Waals surface area contributed by atoms with Gasteiger partial charge in [0.1, 0.15) is 12.2 Å². The van der Waals surface area contributed by atoms with Crippen molar-refractivity contribution in [3.05, 3.63) is 0 Å². The van der Waals surface area contributed by atoms with Crippen LogP contribution in [-0.4, -0.2) is 17.4 Å². The third kappa shape index (κ3) is 6.21. The normalized spacial score (nSPS) is 13.4. The average molecular weight is 157 g/mol. The zero-order valence-corrected chi connectivity index (χ0v) is 5.87. The summed E-state index contributed by atoms with van der Waals surface area (Å²) >= 11 is 10.2. The summed E-state index contributed by atoms with van der Waals surface area (Å²) in [5, 5.41) is -0.530. The van der Waals surface area contributed by atoms with Gasteiger partial charge in [0.25, 0.3) is 0 Å². The zero-order valence-electron chi connectivity index (χ0n) is 4.36. The van der Waals surface area contributed by atoms with Crippen molar-refractivity contribution in [2.75, 3.05) is 6.61 Å². The minimum atomic E-state index is -0.530. The van der Waals surface area contributed by atoms with Gasteiger partial charge in [-0.2, -0.15) is 0 Å². The molecule has 0 aromatic rings. The standard InChI is InChI=1S/C4H6Cl2O2/c1-3(5)8-2-4(6)7/h3H,2H2,1H3. The van der Waals surface area contributed by atoms with Gasteiger partial charge in [0, 0.05) is 0 Å². The lowest BCUT2D eigenvalue weighted by molar-refractivity contribution is -0.116. The van der Waals surface area contributed by atoms with E-state index in [4.69, 9.17) is 23.2 Å². The molecule has 0 N–H and O–H groups in total. The maximum atomic E-state index is 9.93. The number of carbonyl (C=O) groups excluding carboxylic acids is 1. The highest BCUT2D eigenvalue weighted by molar-refractivity contribution is 6.63. The molecule has 8 heavy (non-hydrogen) atoms. The second kappa shape index (κ2) is 4.13. The molecule has 0 aromatic heterocycles. The Balaban J connectivity index is 3.05. The van der Waals surface area contributed by atoms with Crippen molar-refractivity contribution in [1.29, 1.82) is 0 Å². The summed E-state index contributed by atoms with van der Waals surface area (Å²) in [6, 6.07) is 0. The molecule has 0 radical (unpaired) electrons. The van der Waals surface area contributed by atoms with E-state index in [-0.39, 0.29) is 6.61 Å². The molecule has 0 aliphatic heterocycles. The molecular formula is C4H6Cl2O2. The average Bonchev–Trinajstić information content (AvgIpc) is 1.61. The molecule has 0 spiro atoms. The van der Waals surface area contributed by atoms with Crippen LogP contribution in [0.3, 0.4) is 0 Å². The maximum absolute atomic E-state index is 9.93. The second-order valence-corrected chi connectivity index (χ2v) is 2.25. The molecule has 0 saturated carbocycles. The molecule has 0 bridgehead atoms. The Morgan fingerprint density at radius 1 is 1.88 bits per heavy atom. The van der Waals surface area contributed by atoms with Crippen molar-refractivity contribution in [2.45, 2.75) is 12.5 Å². The van der Waals surface area contributed by atoms with Crippen LogP contribution >= 0.6 is 23.2 Å². The highest BCUT2D eigenvalue weighted by Gasteiger charge is 1.98. The molecule has 0 amide bonds. The van der Waals surface area contributed by atoms with Crippen LogP contribution in [0.4, 0.5) is 0 Å². The number of ether oxygens (including phenoxy) is 1. The summed E-state index contributed by atoms with van der Waals surface area (Å²) in [7, 11) is 0. The Bertz CT molecular complexity index is 82.1. The number of hydrogen-bond donors (Lipinski definition) is 0. The van der Waals surface area contributed by atoms with Gasteiger partial charge in [-0.1, -0.05) is 11.6 Å². The molecule has 0 saturated heterocycles. The number of halogens is 2. The van der Waals surface area contributed by atoms with Crippen LogP contribution in [0.25, 0.3) is 0 Å². The first-order valence-corrected chi connectivity index (χ1v) is 2.88. The number of rotatable bonds is 3. The molecule has 1 unspecified atom stereocenters. The number of alkyl halides is 1. The molecule has 0 aliphatic carbocycles. The number of carbonyl (C=O) groups is 1. The summed E-state index contributed by atoms with van der Waals surface area (Å²) in [5.74, 6) is 0. The van der Waals surface area contributed by atoms with E-state index < -0.39 is 10.8 Å². The lowest BCUT2D eigenvalue weighted by Gasteiger charge is -1.99. The lowest BCUT2D eigenvalue weighted by Crippen LogP contribution is -2.05. The maximum Gasteiger partial charge on any atom is 0.247 e. The third-order valence-electron chi connectivity index (χ3n) is 0.426. The smallest absolute Gasteiger partial charge is 0.247 e. The quantitative estimate of drug-likeness (QED) is 0.456. The van der Waals surface area contributed by atoms with Gasteiger partial charge >= 0.3 is 0 Å². The van der Waals surface area contributed by atoms with Crippen LogP contribution in [0.1, 0.15) is 6.92 Å². The van der Waals surface area contributed by atoms with Crippen LogP contribution in [0, 0.1) is 0 Å². The van der Waals surface area contributed by atoms with Crippen LogP contribution < -0.4 is 0 Å². The Labute approximate surface area is 57.7 Å². The molecular weight excluding hydrogens is 151 g/mol. The summed E-state index contributed by atoms with van der Waals surface area (Å²) in [5.41, 5.74) is -0.447. The van der Waals surface area contributed by atoms with E-state index in [2.05, 4.69) is 4.74 Å². The van der Waals surface area contributed by atoms with Crippen LogP contribution in [0.5, 0.6) is 0 Å². The van der Waals surface area contributed by atoms with Gasteiger partial charge in [0.15, 0.2) is 0 Å². The summed E-state index contributed by atoms with van der Waals surface area (Å²) < 4.78 is 4.59. The predicted octanol–water partition coefficient (Wildman–Crippen LogP) is 1.35. The fourth-order valence-electron chi connectivity index (χ4n) is 0.180. The molecule has 1 atom stereocenters. The Hall–Kier alpha value is 0.210. The van der Waals surface area contributed by atoms with Gasteiger partial charge in [-0.15, -0.1) is 0 Å². The molecule has 2 nitrogen and oxygen atoms in total. The van der Waals surface area contributed by atoms with Gasteiger partial charge in [0.2, 0.25) is 5.24 Å². The first-order valence-electron chi connectivity index (χ1n) is 2.07. The fourth-order valence-corrected chi connectivity index (χ4v) is 0.306. The van der Waals surface area contributed by atoms with Gasteiger partial charge in [0.05, 0.1) is 0 Å². The van der Waals surface area contributed by atoms with Crippen molar-refractivity contribution in [1.82, 2.24) is 0 Å². The van der Waals surface area contributed by atoms with Gasteiger partial charge in [-0.05, 0) is 18.5 Å². The largest absolute Gasteiger partial charge is 0.354 e. The van der Waals surface area contributed by atoms with E-state index in [9.17, 15) is 4.79 Å². The van der Waals surface area contributed by atoms with E-state index >= 15 is 0 Å². The summed E-state index contributed by atoms with van der Waals surface area (Å²) in [6.07, 6.45) is 0. The Morgan fingerprint density at radius 3 is 2.50 bits per heavy atom. The van der Waals surface area contributed by atoms with Crippen molar-refractivity contribution < 1.29 is 9.53 Å². The predicted molar refractivity (Wildman–Crippen MR) is 32.1 cm³/mol. The fraction of sp³-hybridized carbons (Fsp3) is 0.750. The van der Waals surface area contributed by atoms with E-state index in [1.807, 2.05) is 0 Å². The van der Waals surface area contributed by atoms with Crippen LogP contribution in [0.2, 0.25) is 0 Å². The minimum absolute atomic E-state index is 0.119. The monoisotopic (exact) mass is 156 g/mol. The summed E-state index contributed by atoms with van der Waals surface area (Å²) in [4.78, 5) is 9.93. The number of hydrogen-bond acceptors (Lipinski definition) is 2. The van der Waals surface area contributed by atoms with Crippen molar-refractivity contribution in [3.8, 4) is 0 Å². The highest BCUT2D eigenvalue weighted by atomic mass is 35.5. The molecule has 4 heteroatoms. The Morgan fingerprint density at radius 2 is 2.38 bits per heavy atom. The highest BCUT2D eigenvalue weighted by Crippen LogP contribution is 1.95. The van der Waals surface area contributed by atoms with Crippen molar-refractivity contribution in [2.24, 2.45) is 0 Å². The van der Waals surface area contributed by atoms with Gasteiger partial charge in [-0.25, -0.2) is 0 Å². The second-order valence-electron chi connectivity index (χ2n) is 1.21. The third-order valence-corrected chi connectivity index (χ3v) is 0.662. The molecule has 0 fully saturated rings. The molecule has 0 aliphatic rings. The zero-order chi connectivity index (χ0) is 6.57. The molecule has 48 valence electrons. The van der Waals surface area contributed by atoms with E-state index in [0.717, 1.165) is 0 Å². The summed E-state index contributed by atoms with van der Waals surface area (Å²) in [6.45, 7) is 1.49. The van der Waals surface area contributed by atoms with Crippen LogP contribution in [0.15, 0.2) is 0 Å². The first-order chi connectivity index (χ1) is 3.63. The molecule has 0 rings (SSSR count). The van der Waals surface area contributed by atoms with Gasteiger partial charge < -0.3 is 4.74 Å². The molecule has 0 aromatic carbocycles. The van der Waals surface area contributed by atoms with Crippen LogP contribution in [-0.2, 0) is 9.53 Å². The van der Waals surface area contributed by atoms with E-state index in [0.29, 0.717) is 0 Å². The SMILES string of the molecule is CC(Cl)OCC(=O)Cl.